The Kier molecular flexibility index (Phi) is 14.7. The Bertz CT molecular complexity index is 959. The van der Waals surface area contributed by atoms with E-state index in [-0.39, 0.29) is 47.5 Å². The Balaban J connectivity index is 0.000000781. The van der Waals surface area contributed by atoms with Crippen molar-refractivity contribution in [2.45, 2.75) is 126 Å². The van der Waals surface area contributed by atoms with Gasteiger partial charge in [-0.3, -0.25) is 19.2 Å². The van der Waals surface area contributed by atoms with Gasteiger partial charge in [-0.05, 0) is 86.5 Å². The molecule has 0 aliphatic heterocycles. The standard InChI is InChI=1S/C27H40O3.C6H12O2/c1-8-10-21(22(9-2)25(29)12-18(6)28)13-20-14-24-23(16(3)4)11-17(5)19(7)27(24)26(30)15-20;1-3-4-5-8-6(2)7/h11,16,20-22H,8-10,12-15H2,1-7H3;3-5H2,1-2H3. The zero-order chi connectivity index (χ0) is 29.0. The van der Waals surface area contributed by atoms with E-state index in [4.69, 9.17) is 0 Å². The highest BCUT2D eigenvalue weighted by molar-refractivity contribution is 6.01. The second kappa shape index (κ2) is 16.6. The molecule has 214 valence electrons. The van der Waals surface area contributed by atoms with Gasteiger partial charge >= 0.3 is 5.97 Å². The summed E-state index contributed by atoms with van der Waals surface area (Å²) in [5.41, 5.74) is 5.84. The first-order chi connectivity index (χ1) is 17.9. The van der Waals surface area contributed by atoms with E-state index in [9.17, 15) is 19.2 Å². The molecule has 5 heteroatoms. The third-order valence-electron chi connectivity index (χ3n) is 7.80. The van der Waals surface area contributed by atoms with Crippen LogP contribution in [0.25, 0.3) is 0 Å². The second-order valence-electron chi connectivity index (χ2n) is 11.5. The zero-order valence-electron chi connectivity index (χ0n) is 25.5. The van der Waals surface area contributed by atoms with Crippen LogP contribution < -0.4 is 0 Å². The van der Waals surface area contributed by atoms with Crippen LogP contribution in [0.4, 0.5) is 0 Å². The molecule has 0 saturated carbocycles. The van der Waals surface area contributed by atoms with Crippen LogP contribution in [0.5, 0.6) is 0 Å². The van der Waals surface area contributed by atoms with E-state index in [1.54, 1.807) is 0 Å². The zero-order valence-corrected chi connectivity index (χ0v) is 25.5. The molecule has 0 bridgehead atoms. The average molecular weight is 529 g/mol. The minimum absolute atomic E-state index is 0.0428. The molecule has 1 aliphatic rings. The minimum Gasteiger partial charge on any atom is -0.466 e. The van der Waals surface area contributed by atoms with Crippen molar-refractivity contribution < 1.29 is 23.9 Å². The van der Waals surface area contributed by atoms with Gasteiger partial charge in [0.1, 0.15) is 11.6 Å². The lowest BCUT2D eigenvalue weighted by molar-refractivity contribution is -0.141. The summed E-state index contributed by atoms with van der Waals surface area (Å²) in [5.74, 6) is 0.955. The van der Waals surface area contributed by atoms with Gasteiger partial charge in [-0.2, -0.15) is 0 Å². The van der Waals surface area contributed by atoms with E-state index in [2.05, 4.69) is 59.3 Å². The van der Waals surface area contributed by atoms with Crippen molar-refractivity contribution in [3.05, 3.63) is 33.9 Å². The number of ketones is 3. The van der Waals surface area contributed by atoms with Gasteiger partial charge in [0, 0.05) is 24.8 Å². The van der Waals surface area contributed by atoms with Gasteiger partial charge in [0.15, 0.2) is 5.78 Å². The highest BCUT2D eigenvalue weighted by Gasteiger charge is 2.34. The fraction of sp³-hybridized carbons (Fsp3) is 0.697. The Labute approximate surface area is 231 Å². The monoisotopic (exact) mass is 528 g/mol. The van der Waals surface area contributed by atoms with E-state index >= 15 is 0 Å². The van der Waals surface area contributed by atoms with Gasteiger partial charge in [0.25, 0.3) is 0 Å². The lowest BCUT2D eigenvalue weighted by Gasteiger charge is -2.33. The molecule has 3 atom stereocenters. The maximum absolute atomic E-state index is 13.2. The van der Waals surface area contributed by atoms with Crippen molar-refractivity contribution in [1.82, 2.24) is 0 Å². The highest BCUT2D eigenvalue weighted by Crippen LogP contribution is 2.39. The van der Waals surface area contributed by atoms with E-state index in [1.807, 2.05) is 0 Å². The number of hydrogen-bond acceptors (Lipinski definition) is 5. The maximum Gasteiger partial charge on any atom is 0.302 e. The Hall–Kier alpha value is -2.30. The lowest BCUT2D eigenvalue weighted by atomic mass is 9.70. The van der Waals surface area contributed by atoms with Crippen LogP contribution >= 0.6 is 0 Å². The summed E-state index contributed by atoms with van der Waals surface area (Å²) in [5, 5.41) is 0. The van der Waals surface area contributed by atoms with Gasteiger partial charge in [-0.25, -0.2) is 0 Å². The number of hydrogen-bond donors (Lipinski definition) is 0. The molecule has 0 spiro atoms. The SMILES string of the molecule is CCCC(CC1CC(=O)c2c(C)c(C)cc(C(C)C)c2C1)C(CC)C(=O)CC(C)=O.CCCCOC(C)=O. The highest BCUT2D eigenvalue weighted by atomic mass is 16.5. The first-order valence-electron chi connectivity index (χ1n) is 14.7. The number of fused-ring (bicyclic) bond motifs is 1. The number of aryl methyl sites for hydroxylation is 1. The summed E-state index contributed by atoms with van der Waals surface area (Å²) < 4.78 is 4.64. The van der Waals surface area contributed by atoms with E-state index in [0.717, 1.165) is 56.1 Å². The fourth-order valence-electron chi connectivity index (χ4n) is 5.84. The molecule has 0 saturated heterocycles. The number of carbonyl (C=O) groups excluding carboxylic acids is 4. The molecule has 5 nitrogen and oxygen atoms in total. The smallest absolute Gasteiger partial charge is 0.302 e. The largest absolute Gasteiger partial charge is 0.466 e. The van der Waals surface area contributed by atoms with Gasteiger partial charge in [0.2, 0.25) is 0 Å². The molecule has 1 aromatic carbocycles. The number of esters is 1. The van der Waals surface area contributed by atoms with Crippen molar-refractivity contribution >= 4 is 23.3 Å². The predicted molar refractivity (Wildman–Crippen MR) is 155 cm³/mol. The molecule has 0 aromatic heterocycles. The predicted octanol–water partition coefficient (Wildman–Crippen LogP) is 7.90. The first-order valence-corrected chi connectivity index (χ1v) is 14.7. The van der Waals surface area contributed by atoms with Crippen LogP contribution in [-0.2, 0) is 25.5 Å². The van der Waals surface area contributed by atoms with Crippen molar-refractivity contribution in [3.63, 3.8) is 0 Å². The molecule has 0 heterocycles. The van der Waals surface area contributed by atoms with Crippen molar-refractivity contribution in [2.24, 2.45) is 17.8 Å². The Morgan fingerprint density at radius 1 is 1.03 bits per heavy atom. The van der Waals surface area contributed by atoms with Crippen molar-refractivity contribution in [2.75, 3.05) is 6.61 Å². The first kappa shape index (κ1) is 33.7. The molecule has 38 heavy (non-hydrogen) atoms. The molecular formula is C33H52O5. The number of unbranched alkanes of at least 4 members (excludes halogenated alkanes) is 1. The molecule has 0 fully saturated rings. The third-order valence-corrected chi connectivity index (χ3v) is 7.80. The molecule has 3 unspecified atom stereocenters. The molecular weight excluding hydrogens is 476 g/mol. The summed E-state index contributed by atoms with van der Waals surface area (Å²) in [4.78, 5) is 47.6. The van der Waals surface area contributed by atoms with E-state index in [1.165, 1.54) is 30.5 Å². The van der Waals surface area contributed by atoms with Crippen LogP contribution in [0.2, 0.25) is 0 Å². The lowest BCUT2D eigenvalue weighted by Crippen LogP contribution is -2.30. The Morgan fingerprint density at radius 2 is 1.68 bits per heavy atom. The summed E-state index contributed by atoms with van der Waals surface area (Å²) >= 11 is 0. The topological polar surface area (TPSA) is 77.5 Å². The van der Waals surface area contributed by atoms with Gasteiger partial charge in [-0.15, -0.1) is 0 Å². The quantitative estimate of drug-likeness (QED) is 0.148. The van der Waals surface area contributed by atoms with Crippen LogP contribution in [0.3, 0.4) is 0 Å². The van der Waals surface area contributed by atoms with Gasteiger partial charge < -0.3 is 4.74 Å². The molecule has 0 radical (unpaired) electrons. The fourth-order valence-corrected chi connectivity index (χ4v) is 5.84. The van der Waals surface area contributed by atoms with Crippen LogP contribution in [0, 0.1) is 31.6 Å². The number of benzene rings is 1. The van der Waals surface area contributed by atoms with Gasteiger partial charge in [-0.1, -0.05) is 59.9 Å². The van der Waals surface area contributed by atoms with Gasteiger partial charge in [0.05, 0.1) is 13.0 Å². The number of ether oxygens (including phenoxy) is 1. The normalized spacial score (nSPS) is 16.3. The summed E-state index contributed by atoms with van der Waals surface area (Å²) in [6.07, 6.45) is 7.24. The molecule has 0 amide bonds. The summed E-state index contributed by atoms with van der Waals surface area (Å²) in [6.45, 7) is 18.3. The van der Waals surface area contributed by atoms with Crippen LogP contribution in [-0.4, -0.2) is 29.9 Å². The van der Waals surface area contributed by atoms with Crippen molar-refractivity contribution in [3.8, 4) is 0 Å². The molecule has 2 rings (SSSR count). The number of rotatable bonds is 13. The molecule has 0 N–H and O–H groups in total. The summed E-state index contributed by atoms with van der Waals surface area (Å²) in [6, 6.07) is 2.27. The number of Topliss-reactive ketones (excluding diaryl/α,β-unsaturated/α-hetero) is 3. The minimum atomic E-state index is -0.182. The van der Waals surface area contributed by atoms with E-state index in [0.29, 0.717) is 18.9 Å². The summed E-state index contributed by atoms with van der Waals surface area (Å²) in [7, 11) is 0. The Morgan fingerprint density at radius 3 is 2.18 bits per heavy atom. The molecule has 1 aliphatic carbocycles. The maximum atomic E-state index is 13.2. The average Bonchev–Trinajstić information content (AvgIpc) is 2.81. The number of carbonyl (C=O) groups is 4. The van der Waals surface area contributed by atoms with Crippen molar-refractivity contribution in [1.29, 1.82) is 0 Å². The van der Waals surface area contributed by atoms with E-state index < -0.39 is 0 Å². The third kappa shape index (κ3) is 10.1. The second-order valence-corrected chi connectivity index (χ2v) is 11.5. The van der Waals surface area contributed by atoms with Crippen LogP contribution in [0.15, 0.2) is 6.07 Å². The van der Waals surface area contributed by atoms with Crippen LogP contribution in [0.1, 0.15) is 138 Å². The molecule has 1 aromatic rings.